The zero-order chi connectivity index (χ0) is 21.6. The maximum atomic E-state index is 13.2. The highest BCUT2D eigenvalue weighted by molar-refractivity contribution is 5.76. The Kier molecular flexibility index (Phi) is 6.41. The number of carbonyl (C=O) groups excluding carboxylic acids is 1. The van der Waals surface area contributed by atoms with Crippen LogP contribution in [0.3, 0.4) is 0 Å². The van der Waals surface area contributed by atoms with Crippen LogP contribution in [0.5, 0.6) is 11.5 Å². The molecule has 0 radical (unpaired) electrons. The number of methoxy groups -OCH3 is 2. The second kappa shape index (κ2) is 9.56. The van der Waals surface area contributed by atoms with Crippen molar-refractivity contribution in [3.63, 3.8) is 0 Å². The Balaban J connectivity index is 1.47. The average molecular weight is 417 g/mol. The van der Waals surface area contributed by atoms with Crippen LogP contribution in [0.25, 0.3) is 0 Å². The fourth-order valence-electron chi connectivity index (χ4n) is 4.23. The number of ether oxygens (including phenoxy) is 2. The number of benzene rings is 3. The lowest BCUT2D eigenvalue weighted by molar-refractivity contribution is 0.180. The molecule has 1 unspecified atom stereocenters. The number of hydrogen-bond donors (Lipinski definition) is 1. The second-order valence-corrected chi connectivity index (χ2v) is 7.63. The van der Waals surface area contributed by atoms with Gasteiger partial charge in [-0.2, -0.15) is 0 Å². The predicted molar refractivity (Wildman–Crippen MR) is 122 cm³/mol. The average Bonchev–Trinajstić information content (AvgIpc) is 2.83. The summed E-state index contributed by atoms with van der Waals surface area (Å²) < 4.78 is 10.7. The summed E-state index contributed by atoms with van der Waals surface area (Å²) in [5, 5.41) is 3.11. The molecular formula is C26H28N2O3. The highest BCUT2D eigenvalue weighted by Gasteiger charge is 2.31. The molecule has 1 aliphatic rings. The molecule has 3 aromatic rings. The third-order valence-corrected chi connectivity index (χ3v) is 5.80. The monoisotopic (exact) mass is 416 g/mol. The van der Waals surface area contributed by atoms with Gasteiger partial charge in [-0.05, 0) is 47.2 Å². The van der Waals surface area contributed by atoms with Gasteiger partial charge in [0.1, 0.15) is 0 Å². The van der Waals surface area contributed by atoms with Crippen LogP contribution < -0.4 is 14.8 Å². The molecular weight excluding hydrogens is 388 g/mol. The van der Waals surface area contributed by atoms with Crippen molar-refractivity contribution in [3.8, 4) is 11.5 Å². The van der Waals surface area contributed by atoms with E-state index in [9.17, 15) is 4.79 Å². The van der Waals surface area contributed by atoms with Gasteiger partial charge in [-0.25, -0.2) is 4.79 Å². The van der Waals surface area contributed by atoms with Crippen LogP contribution in [0.4, 0.5) is 4.79 Å². The lowest BCUT2D eigenvalue weighted by Gasteiger charge is -2.37. The summed E-state index contributed by atoms with van der Waals surface area (Å²) in [6, 6.07) is 24.4. The summed E-state index contributed by atoms with van der Waals surface area (Å²) in [4.78, 5) is 15.1. The van der Waals surface area contributed by atoms with E-state index >= 15 is 0 Å². The minimum atomic E-state index is -0.0766. The summed E-state index contributed by atoms with van der Waals surface area (Å²) in [5.41, 5.74) is 4.73. The molecule has 0 aromatic heterocycles. The van der Waals surface area contributed by atoms with Crippen LogP contribution in [0.2, 0.25) is 0 Å². The van der Waals surface area contributed by atoms with Gasteiger partial charge in [-0.15, -0.1) is 0 Å². The van der Waals surface area contributed by atoms with Crippen molar-refractivity contribution in [1.29, 1.82) is 0 Å². The third-order valence-electron chi connectivity index (χ3n) is 5.80. The number of nitrogens with one attached hydrogen (secondary N) is 1. The molecule has 1 heterocycles. The van der Waals surface area contributed by atoms with Crippen molar-refractivity contribution in [2.24, 2.45) is 0 Å². The molecule has 0 fully saturated rings. The summed E-state index contributed by atoms with van der Waals surface area (Å²) >= 11 is 0. The number of nitrogens with zero attached hydrogens (tertiary/aromatic N) is 1. The Morgan fingerprint density at radius 1 is 0.968 bits per heavy atom. The lowest BCUT2D eigenvalue weighted by Crippen LogP contribution is -2.46. The Hall–Kier alpha value is -3.47. The van der Waals surface area contributed by atoms with E-state index in [4.69, 9.17) is 9.47 Å². The van der Waals surface area contributed by atoms with Crippen molar-refractivity contribution in [3.05, 3.63) is 95.1 Å². The van der Waals surface area contributed by atoms with E-state index < -0.39 is 0 Å². The largest absolute Gasteiger partial charge is 0.493 e. The first-order valence-corrected chi connectivity index (χ1v) is 10.6. The molecule has 1 N–H and O–H groups in total. The quantitative estimate of drug-likeness (QED) is 0.639. The van der Waals surface area contributed by atoms with Crippen molar-refractivity contribution in [2.75, 3.05) is 27.3 Å². The normalized spacial score (nSPS) is 15.2. The van der Waals surface area contributed by atoms with Crippen LogP contribution in [0.15, 0.2) is 72.8 Å². The van der Waals surface area contributed by atoms with Gasteiger partial charge in [0, 0.05) is 13.1 Å². The third kappa shape index (κ3) is 4.50. The minimum Gasteiger partial charge on any atom is -0.493 e. The maximum absolute atomic E-state index is 13.2. The van der Waals surface area contributed by atoms with Gasteiger partial charge in [-0.3, -0.25) is 0 Å². The molecule has 31 heavy (non-hydrogen) atoms. The van der Waals surface area contributed by atoms with Crippen LogP contribution in [0.1, 0.15) is 28.3 Å². The van der Waals surface area contributed by atoms with Gasteiger partial charge in [0.2, 0.25) is 0 Å². The summed E-state index contributed by atoms with van der Waals surface area (Å²) in [7, 11) is 3.25. The topological polar surface area (TPSA) is 50.8 Å². The highest BCUT2D eigenvalue weighted by atomic mass is 16.5. The first-order chi connectivity index (χ1) is 15.2. The Bertz CT molecular complexity index is 1040. The molecule has 5 nitrogen and oxygen atoms in total. The molecule has 2 amide bonds. The number of amides is 2. The maximum Gasteiger partial charge on any atom is 0.318 e. The summed E-state index contributed by atoms with van der Waals surface area (Å²) in [6.07, 6.45) is 1.58. The molecule has 3 aromatic carbocycles. The molecule has 0 bridgehead atoms. The first kappa shape index (κ1) is 20.8. The predicted octanol–water partition coefficient (Wildman–Crippen LogP) is 4.60. The minimum absolute atomic E-state index is 0.0381. The Morgan fingerprint density at radius 3 is 2.48 bits per heavy atom. The van der Waals surface area contributed by atoms with Crippen LogP contribution in [-0.4, -0.2) is 38.2 Å². The van der Waals surface area contributed by atoms with E-state index in [2.05, 4.69) is 35.6 Å². The zero-order valence-electron chi connectivity index (χ0n) is 18.0. The van der Waals surface area contributed by atoms with Gasteiger partial charge in [0.25, 0.3) is 0 Å². The van der Waals surface area contributed by atoms with Gasteiger partial charge >= 0.3 is 6.03 Å². The van der Waals surface area contributed by atoms with E-state index in [0.29, 0.717) is 31.0 Å². The van der Waals surface area contributed by atoms with E-state index in [1.165, 1.54) is 11.1 Å². The smallest absolute Gasteiger partial charge is 0.318 e. The standard InChI is InChI=1S/C26H28N2O3/c1-30-23-13-12-19(18-24(23)31-2)14-16-27-26(29)28-17-15-20-8-6-7-11-22(20)25(28)21-9-4-3-5-10-21/h3-13,18,25H,14-17H2,1-2H3,(H,27,29). The molecule has 0 aliphatic carbocycles. The number of fused-ring (bicyclic) bond motifs is 1. The van der Waals surface area contributed by atoms with Crippen molar-refractivity contribution in [1.82, 2.24) is 10.2 Å². The van der Waals surface area contributed by atoms with Crippen LogP contribution in [-0.2, 0) is 12.8 Å². The number of carbonyl (C=O) groups is 1. The van der Waals surface area contributed by atoms with Gasteiger partial charge < -0.3 is 19.7 Å². The van der Waals surface area contributed by atoms with Gasteiger partial charge in [0.05, 0.1) is 20.3 Å². The lowest BCUT2D eigenvalue weighted by atomic mass is 9.88. The fraction of sp³-hybridized carbons (Fsp3) is 0.269. The number of urea groups is 1. The number of hydrogen-bond acceptors (Lipinski definition) is 3. The van der Waals surface area contributed by atoms with Gasteiger partial charge in [0.15, 0.2) is 11.5 Å². The fourth-order valence-corrected chi connectivity index (χ4v) is 4.23. The van der Waals surface area contributed by atoms with Crippen molar-refractivity contribution in [2.45, 2.75) is 18.9 Å². The number of rotatable bonds is 6. The van der Waals surface area contributed by atoms with Crippen LogP contribution in [0, 0.1) is 0 Å². The van der Waals surface area contributed by atoms with E-state index in [1.807, 2.05) is 47.4 Å². The van der Waals surface area contributed by atoms with Crippen molar-refractivity contribution >= 4 is 6.03 Å². The molecule has 0 saturated carbocycles. The first-order valence-electron chi connectivity index (χ1n) is 10.6. The summed E-state index contributed by atoms with van der Waals surface area (Å²) in [6.45, 7) is 1.24. The van der Waals surface area contributed by atoms with E-state index in [1.54, 1.807) is 14.2 Å². The Labute approximate surface area is 183 Å². The van der Waals surface area contributed by atoms with E-state index in [-0.39, 0.29) is 12.1 Å². The summed E-state index contributed by atoms with van der Waals surface area (Å²) in [5.74, 6) is 1.40. The van der Waals surface area contributed by atoms with Crippen molar-refractivity contribution < 1.29 is 14.3 Å². The molecule has 1 aliphatic heterocycles. The van der Waals surface area contributed by atoms with E-state index in [0.717, 1.165) is 17.5 Å². The van der Waals surface area contributed by atoms with Gasteiger partial charge in [-0.1, -0.05) is 60.7 Å². The highest BCUT2D eigenvalue weighted by Crippen LogP contribution is 2.35. The molecule has 5 heteroatoms. The molecule has 0 spiro atoms. The molecule has 160 valence electrons. The molecule has 1 atom stereocenters. The SMILES string of the molecule is COc1ccc(CCNC(=O)N2CCc3ccccc3C2c2ccccc2)cc1OC. The second-order valence-electron chi connectivity index (χ2n) is 7.63. The van der Waals surface area contributed by atoms with Crippen LogP contribution >= 0.6 is 0 Å². The molecule has 4 rings (SSSR count). The zero-order valence-corrected chi connectivity index (χ0v) is 18.0. The molecule has 0 saturated heterocycles. The Morgan fingerprint density at radius 2 is 1.71 bits per heavy atom.